The molecule has 6 nitrogen and oxygen atoms in total. The van der Waals surface area contributed by atoms with Crippen LogP contribution < -0.4 is 10.3 Å². The molecule has 1 atom stereocenters. The number of aromatic nitrogens is 1. The third-order valence-electron chi connectivity index (χ3n) is 4.74. The standard InChI is InChI=1S/C22H26N2O4/c1-12(2)16-7-9-17(10-8-16)28-15(6)20(25)19-14(5)18(11-23)21(26)24(13(3)4)22(19)27/h7-10,12-13,15,27H,1-6H3. The Morgan fingerprint density at radius 3 is 2.18 bits per heavy atom. The van der Waals surface area contributed by atoms with E-state index in [0.29, 0.717) is 11.7 Å². The van der Waals surface area contributed by atoms with Crippen LogP contribution in [0.15, 0.2) is 29.1 Å². The van der Waals surface area contributed by atoms with Gasteiger partial charge in [-0.15, -0.1) is 0 Å². The Hall–Kier alpha value is -3.07. The molecule has 0 aliphatic heterocycles. The average Bonchev–Trinajstić information content (AvgIpc) is 2.61. The number of hydrogen-bond donors (Lipinski definition) is 1. The number of nitriles is 1. The minimum Gasteiger partial charge on any atom is -0.494 e. The lowest BCUT2D eigenvalue weighted by Crippen LogP contribution is -2.31. The Balaban J connectivity index is 2.44. The van der Waals surface area contributed by atoms with Crippen LogP contribution in [0.5, 0.6) is 11.6 Å². The fraction of sp³-hybridized carbons (Fsp3) is 0.409. The second-order valence-electron chi connectivity index (χ2n) is 7.43. The van der Waals surface area contributed by atoms with Gasteiger partial charge in [0.1, 0.15) is 17.4 Å². The van der Waals surface area contributed by atoms with Crippen molar-refractivity contribution < 1.29 is 14.6 Å². The van der Waals surface area contributed by atoms with Gasteiger partial charge >= 0.3 is 0 Å². The summed E-state index contributed by atoms with van der Waals surface area (Å²) in [5.74, 6) is -0.0183. The highest BCUT2D eigenvalue weighted by Crippen LogP contribution is 2.27. The Kier molecular flexibility index (Phi) is 6.30. The molecule has 0 fully saturated rings. The fourth-order valence-corrected chi connectivity index (χ4v) is 3.09. The predicted molar refractivity (Wildman–Crippen MR) is 107 cm³/mol. The minimum atomic E-state index is -0.904. The number of ketones is 1. The number of ether oxygens (including phenoxy) is 1. The normalized spacial score (nSPS) is 12.1. The topological polar surface area (TPSA) is 92.3 Å². The fourth-order valence-electron chi connectivity index (χ4n) is 3.09. The molecule has 1 unspecified atom stereocenters. The predicted octanol–water partition coefficient (Wildman–Crippen LogP) is 4.09. The van der Waals surface area contributed by atoms with Crippen LogP contribution in [0.4, 0.5) is 0 Å². The number of carbonyl (C=O) groups excluding carboxylic acids is 1. The van der Waals surface area contributed by atoms with E-state index in [1.807, 2.05) is 18.2 Å². The summed E-state index contributed by atoms with van der Waals surface area (Å²) in [6, 6.07) is 8.90. The number of nitrogens with zero attached hydrogens (tertiary/aromatic N) is 2. The first-order valence-corrected chi connectivity index (χ1v) is 9.29. The van der Waals surface area contributed by atoms with Gasteiger partial charge in [0.25, 0.3) is 5.56 Å². The van der Waals surface area contributed by atoms with E-state index in [2.05, 4.69) is 13.8 Å². The zero-order chi connectivity index (χ0) is 21.2. The molecule has 28 heavy (non-hydrogen) atoms. The quantitative estimate of drug-likeness (QED) is 0.760. The van der Waals surface area contributed by atoms with Crippen molar-refractivity contribution >= 4 is 5.78 Å². The largest absolute Gasteiger partial charge is 0.494 e. The molecular weight excluding hydrogens is 356 g/mol. The van der Waals surface area contributed by atoms with E-state index in [0.717, 1.165) is 10.1 Å². The molecule has 148 valence electrons. The van der Waals surface area contributed by atoms with Gasteiger partial charge < -0.3 is 9.84 Å². The maximum Gasteiger partial charge on any atom is 0.271 e. The lowest BCUT2D eigenvalue weighted by atomic mass is 9.98. The van der Waals surface area contributed by atoms with E-state index in [9.17, 15) is 20.0 Å². The van der Waals surface area contributed by atoms with Crippen molar-refractivity contribution in [2.24, 2.45) is 0 Å². The maximum absolute atomic E-state index is 13.0. The molecule has 6 heteroatoms. The zero-order valence-electron chi connectivity index (χ0n) is 17.1. The van der Waals surface area contributed by atoms with Crippen molar-refractivity contribution in [3.05, 3.63) is 56.9 Å². The van der Waals surface area contributed by atoms with E-state index in [1.54, 1.807) is 32.9 Å². The molecular formula is C22H26N2O4. The van der Waals surface area contributed by atoms with E-state index in [1.165, 1.54) is 6.92 Å². The van der Waals surface area contributed by atoms with Crippen molar-refractivity contribution in [2.45, 2.75) is 59.6 Å². The first kappa shape index (κ1) is 21.2. The van der Waals surface area contributed by atoms with E-state index < -0.39 is 29.4 Å². The van der Waals surface area contributed by atoms with Crippen molar-refractivity contribution in [2.75, 3.05) is 0 Å². The third kappa shape index (κ3) is 3.94. The molecule has 1 aromatic carbocycles. The highest BCUT2D eigenvalue weighted by Gasteiger charge is 2.28. The van der Waals surface area contributed by atoms with Crippen LogP contribution in [-0.4, -0.2) is 21.6 Å². The molecule has 0 amide bonds. The van der Waals surface area contributed by atoms with Crippen molar-refractivity contribution in [1.82, 2.24) is 4.57 Å². The minimum absolute atomic E-state index is 0.0591. The van der Waals surface area contributed by atoms with Crippen LogP contribution >= 0.6 is 0 Å². The molecule has 0 aliphatic rings. The van der Waals surface area contributed by atoms with Gasteiger partial charge in [-0.1, -0.05) is 26.0 Å². The number of pyridine rings is 1. The Labute approximate surface area is 165 Å². The number of rotatable bonds is 6. The summed E-state index contributed by atoms with van der Waals surface area (Å²) in [6.45, 7) is 10.6. The summed E-state index contributed by atoms with van der Waals surface area (Å²) in [7, 11) is 0. The summed E-state index contributed by atoms with van der Waals surface area (Å²) in [5.41, 5.74) is 0.501. The molecule has 2 rings (SSSR count). The molecule has 0 bridgehead atoms. The number of hydrogen-bond acceptors (Lipinski definition) is 5. The van der Waals surface area contributed by atoms with E-state index >= 15 is 0 Å². The molecule has 0 aliphatic carbocycles. The maximum atomic E-state index is 13.0. The van der Waals surface area contributed by atoms with E-state index in [4.69, 9.17) is 4.74 Å². The van der Waals surface area contributed by atoms with Crippen LogP contribution in [0.1, 0.15) is 73.6 Å². The van der Waals surface area contributed by atoms with Gasteiger partial charge in [0.2, 0.25) is 11.7 Å². The number of benzene rings is 1. The highest BCUT2D eigenvalue weighted by molar-refractivity contribution is 6.03. The Morgan fingerprint density at radius 2 is 1.71 bits per heavy atom. The van der Waals surface area contributed by atoms with Gasteiger partial charge in [0, 0.05) is 6.04 Å². The highest BCUT2D eigenvalue weighted by atomic mass is 16.5. The van der Waals surface area contributed by atoms with Crippen molar-refractivity contribution in [3.63, 3.8) is 0 Å². The van der Waals surface area contributed by atoms with Crippen LogP contribution in [0.3, 0.4) is 0 Å². The molecule has 0 saturated heterocycles. The van der Waals surface area contributed by atoms with Crippen molar-refractivity contribution in [3.8, 4) is 17.7 Å². The van der Waals surface area contributed by atoms with Gasteiger partial charge in [-0.25, -0.2) is 0 Å². The molecule has 1 aromatic heterocycles. The average molecular weight is 382 g/mol. The lowest BCUT2D eigenvalue weighted by Gasteiger charge is -2.20. The van der Waals surface area contributed by atoms with Gasteiger partial charge in [-0.2, -0.15) is 5.26 Å². The summed E-state index contributed by atoms with van der Waals surface area (Å²) < 4.78 is 6.81. The number of Topliss-reactive ketones (excluding diaryl/α,β-unsaturated/α-hetero) is 1. The SMILES string of the molecule is Cc1c(C(=O)C(C)Oc2ccc(C(C)C)cc2)c(O)n(C(C)C)c(=O)c1C#N. The first-order valence-electron chi connectivity index (χ1n) is 9.29. The molecule has 0 radical (unpaired) electrons. The summed E-state index contributed by atoms with van der Waals surface area (Å²) in [5, 5.41) is 20.0. The third-order valence-corrected chi connectivity index (χ3v) is 4.74. The zero-order valence-corrected chi connectivity index (χ0v) is 17.1. The first-order chi connectivity index (χ1) is 13.1. The monoisotopic (exact) mass is 382 g/mol. The molecule has 1 heterocycles. The summed E-state index contributed by atoms with van der Waals surface area (Å²) in [6.07, 6.45) is -0.904. The summed E-state index contributed by atoms with van der Waals surface area (Å²) >= 11 is 0. The summed E-state index contributed by atoms with van der Waals surface area (Å²) in [4.78, 5) is 25.5. The van der Waals surface area contributed by atoms with Gasteiger partial charge in [0.15, 0.2) is 6.10 Å². The van der Waals surface area contributed by atoms with E-state index in [-0.39, 0.29) is 16.7 Å². The Morgan fingerprint density at radius 1 is 1.14 bits per heavy atom. The Bertz CT molecular complexity index is 980. The second-order valence-corrected chi connectivity index (χ2v) is 7.43. The molecule has 2 aromatic rings. The number of carbonyl (C=O) groups is 1. The van der Waals surface area contributed by atoms with Crippen LogP contribution in [0.25, 0.3) is 0 Å². The van der Waals surface area contributed by atoms with Gasteiger partial charge in [0.05, 0.1) is 5.56 Å². The van der Waals surface area contributed by atoms with Crippen LogP contribution in [-0.2, 0) is 0 Å². The number of aromatic hydroxyl groups is 1. The van der Waals surface area contributed by atoms with Gasteiger partial charge in [-0.3, -0.25) is 14.2 Å². The molecule has 0 saturated carbocycles. The van der Waals surface area contributed by atoms with Crippen LogP contribution in [0, 0.1) is 18.3 Å². The second kappa shape index (κ2) is 8.30. The molecule has 0 spiro atoms. The van der Waals surface area contributed by atoms with Crippen LogP contribution in [0.2, 0.25) is 0 Å². The molecule has 1 N–H and O–H groups in total. The van der Waals surface area contributed by atoms with Gasteiger partial charge in [-0.05, 0) is 56.9 Å². The van der Waals surface area contributed by atoms with Crippen molar-refractivity contribution in [1.29, 1.82) is 5.26 Å². The smallest absolute Gasteiger partial charge is 0.271 e. The lowest BCUT2D eigenvalue weighted by molar-refractivity contribution is 0.0812.